The van der Waals surface area contributed by atoms with E-state index in [0.717, 1.165) is 5.46 Å². The maximum absolute atomic E-state index is 5.58. The molecular weight excluding hydrogens is 120 g/mol. The van der Waals surface area contributed by atoms with Crippen LogP contribution >= 0.6 is 11.6 Å². The first-order valence-electron chi connectivity index (χ1n) is 2.36. The van der Waals surface area contributed by atoms with Crippen LogP contribution in [-0.4, -0.2) is 12.8 Å². The van der Waals surface area contributed by atoms with Gasteiger partial charge in [0.05, 0.1) is 5.02 Å². The van der Waals surface area contributed by atoms with Gasteiger partial charge in [-0.05, 0) is 6.07 Å². The van der Waals surface area contributed by atoms with Gasteiger partial charge < -0.3 is 0 Å². The molecule has 0 N–H and O–H groups in total. The van der Waals surface area contributed by atoms with Gasteiger partial charge in [0, 0.05) is 12.4 Å². The van der Waals surface area contributed by atoms with E-state index >= 15 is 0 Å². The molecule has 0 unspecified atom stereocenters. The van der Waals surface area contributed by atoms with E-state index in [4.69, 9.17) is 11.6 Å². The average Bonchev–Trinajstić information content (AvgIpc) is 1.64. The number of aromatic nitrogens is 1. The molecule has 0 aliphatic rings. The third kappa shape index (κ3) is 1.24. The van der Waals surface area contributed by atoms with Crippen LogP contribution < -0.4 is 5.46 Å². The zero-order valence-corrected chi connectivity index (χ0v) is 5.31. The third-order valence-corrected chi connectivity index (χ3v) is 1.05. The minimum absolute atomic E-state index is 0.699. The largest absolute Gasteiger partial charge is 0.264 e. The SMILES string of the molecule is Bc1cncc(Cl)c1. The fraction of sp³-hybridized carbons (Fsp3) is 0. The summed E-state index contributed by atoms with van der Waals surface area (Å²) in [4.78, 5) is 3.85. The van der Waals surface area contributed by atoms with Crippen LogP contribution in [0.4, 0.5) is 0 Å². The fourth-order valence-corrected chi connectivity index (χ4v) is 0.747. The molecule has 1 rings (SSSR count). The lowest BCUT2D eigenvalue weighted by atomic mass is 9.99. The van der Waals surface area contributed by atoms with Crippen LogP contribution in [0.2, 0.25) is 5.02 Å². The monoisotopic (exact) mass is 125 g/mol. The van der Waals surface area contributed by atoms with Crippen molar-refractivity contribution in [2.45, 2.75) is 0 Å². The quantitative estimate of drug-likeness (QED) is 0.445. The van der Waals surface area contributed by atoms with E-state index in [9.17, 15) is 0 Å². The molecule has 0 spiro atoms. The van der Waals surface area contributed by atoms with E-state index in [-0.39, 0.29) is 0 Å². The van der Waals surface area contributed by atoms with Crippen LogP contribution in [0.15, 0.2) is 18.5 Å². The lowest BCUT2D eigenvalue weighted by Gasteiger charge is -1.88. The molecule has 0 saturated carbocycles. The van der Waals surface area contributed by atoms with E-state index in [1.165, 1.54) is 0 Å². The second kappa shape index (κ2) is 2.18. The molecule has 0 fully saturated rings. The molecule has 1 aromatic heterocycles. The van der Waals surface area contributed by atoms with E-state index in [1.807, 2.05) is 13.9 Å². The molecule has 40 valence electrons. The Morgan fingerprint density at radius 1 is 1.50 bits per heavy atom. The minimum Gasteiger partial charge on any atom is -0.264 e. The molecule has 1 aromatic rings. The number of halogens is 1. The summed E-state index contributed by atoms with van der Waals surface area (Å²) in [6.07, 6.45) is 3.39. The van der Waals surface area contributed by atoms with Gasteiger partial charge in [-0.25, -0.2) is 0 Å². The van der Waals surface area contributed by atoms with Crippen molar-refractivity contribution in [3.05, 3.63) is 23.5 Å². The maximum Gasteiger partial charge on any atom is 0.141 e. The Morgan fingerprint density at radius 2 is 2.25 bits per heavy atom. The van der Waals surface area contributed by atoms with Gasteiger partial charge in [-0.2, -0.15) is 0 Å². The summed E-state index contributed by atoms with van der Waals surface area (Å²) in [5.41, 5.74) is 1.09. The molecular formula is C5H5BClN. The van der Waals surface area contributed by atoms with Gasteiger partial charge in [-0.1, -0.05) is 17.1 Å². The molecule has 1 nitrogen and oxygen atoms in total. The zero-order valence-electron chi connectivity index (χ0n) is 4.56. The summed E-state index contributed by atoms with van der Waals surface area (Å²) in [6.45, 7) is 0. The third-order valence-electron chi connectivity index (χ3n) is 0.842. The molecule has 8 heavy (non-hydrogen) atoms. The summed E-state index contributed by atoms with van der Waals surface area (Å²) in [5, 5.41) is 0.699. The van der Waals surface area contributed by atoms with Crippen LogP contribution in [0, 0.1) is 0 Å². The van der Waals surface area contributed by atoms with Crippen LogP contribution in [0.1, 0.15) is 0 Å². The number of hydrogen-bond donors (Lipinski definition) is 0. The Hall–Kier alpha value is -0.495. The second-order valence-corrected chi connectivity index (χ2v) is 2.12. The van der Waals surface area contributed by atoms with Gasteiger partial charge in [-0.3, -0.25) is 4.98 Å². The Bertz CT molecular complexity index is 172. The first-order valence-corrected chi connectivity index (χ1v) is 2.74. The minimum atomic E-state index is 0.699. The van der Waals surface area contributed by atoms with Gasteiger partial charge in [0.25, 0.3) is 0 Å². The predicted octanol–water partition coefficient (Wildman–Crippen LogP) is -0.00660. The van der Waals surface area contributed by atoms with Gasteiger partial charge in [0.1, 0.15) is 7.85 Å². The lowest BCUT2D eigenvalue weighted by Crippen LogP contribution is -2.00. The number of pyridine rings is 1. The first-order chi connectivity index (χ1) is 3.79. The Kier molecular flexibility index (Phi) is 1.54. The summed E-state index contributed by atoms with van der Waals surface area (Å²) >= 11 is 5.58. The molecule has 0 aromatic carbocycles. The van der Waals surface area contributed by atoms with E-state index in [1.54, 1.807) is 12.4 Å². The summed E-state index contributed by atoms with van der Waals surface area (Å²) in [7, 11) is 1.96. The molecule has 0 saturated heterocycles. The van der Waals surface area contributed by atoms with Gasteiger partial charge >= 0.3 is 0 Å². The van der Waals surface area contributed by atoms with Gasteiger partial charge in [-0.15, -0.1) is 0 Å². The Morgan fingerprint density at radius 3 is 2.62 bits per heavy atom. The Labute approximate surface area is 54.1 Å². The number of rotatable bonds is 0. The molecule has 0 atom stereocenters. The van der Waals surface area contributed by atoms with E-state index in [2.05, 4.69) is 4.98 Å². The van der Waals surface area contributed by atoms with Crippen LogP contribution in [0.3, 0.4) is 0 Å². The molecule has 0 amide bonds. The highest BCUT2D eigenvalue weighted by Crippen LogP contribution is 1.99. The normalized spacial score (nSPS) is 9.12. The van der Waals surface area contributed by atoms with Crippen molar-refractivity contribution in [1.82, 2.24) is 4.98 Å². The predicted molar refractivity (Wildman–Crippen MR) is 37.4 cm³/mol. The number of hydrogen-bond acceptors (Lipinski definition) is 1. The maximum atomic E-state index is 5.58. The van der Waals surface area contributed by atoms with Crippen molar-refractivity contribution in [1.29, 1.82) is 0 Å². The van der Waals surface area contributed by atoms with Crippen molar-refractivity contribution in [3.63, 3.8) is 0 Å². The van der Waals surface area contributed by atoms with Crippen molar-refractivity contribution in [2.24, 2.45) is 0 Å². The smallest absolute Gasteiger partial charge is 0.141 e. The fourth-order valence-electron chi connectivity index (χ4n) is 0.518. The summed E-state index contributed by atoms with van der Waals surface area (Å²) < 4.78 is 0. The molecule has 0 aliphatic carbocycles. The lowest BCUT2D eigenvalue weighted by molar-refractivity contribution is 1.35. The molecule has 3 heteroatoms. The van der Waals surface area contributed by atoms with E-state index in [0.29, 0.717) is 5.02 Å². The highest BCUT2D eigenvalue weighted by molar-refractivity contribution is 6.35. The van der Waals surface area contributed by atoms with E-state index < -0.39 is 0 Å². The van der Waals surface area contributed by atoms with Crippen molar-refractivity contribution in [2.75, 3.05) is 0 Å². The van der Waals surface area contributed by atoms with Gasteiger partial charge in [0.15, 0.2) is 0 Å². The standard InChI is InChI=1S/C5H5BClN/c6-4-1-5(7)3-8-2-4/h1-3H,6H2. The second-order valence-electron chi connectivity index (χ2n) is 1.68. The van der Waals surface area contributed by atoms with Crippen LogP contribution in [0.25, 0.3) is 0 Å². The first kappa shape index (κ1) is 5.64. The number of nitrogens with zero attached hydrogens (tertiary/aromatic N) is 1. The average molecular weight is 125 g/mol. The van der Waals surface area contributed by atoms with Crippen molar-refractivity contribution >= 4 is 24.9 Å². The van der Waals surface area contributed by atoms with Crippen molar-refractivity contribution < 1.29 is 0 Å². The Balaban J connectivity index is 3.08. The van der Waals surface area contributed by atoms with Gasteiger partial charge in [0.2, 0.25) is 0 Å². The summed E-state index contributed by atoms with van der Waals surface area (Å²) in [6, 6.07) is 1.87. The zero-order chi connectivity index (χ0) is 5.98. The highest BCUT2D eigenvalue weighted by atomic mass is 35.5. The van der Waals surface area contributed by atoms with Crippen LogP contribution in [0.5, 0.6) is 0 Å². The van der Waals surface area contributed by atoms with Crippen molar-refractivity contribution in [3.8, 4) is 0 Å². The summed E-state index contributed by atoms with van der Waals surface area (Å²) in [5.74, 6) is 0. The van der Waals surface area contributed by atoms with Crippen LogP contribution in [-0.2, 0) is 0 Å². The topological polar surface area (TPSA) is 12.9 Å². The molecule has 1 heterocycles. The molecule has 0 aliphatic heterocycles. The molecule has 0 radical (unpaired) electrons. The highest BCUT2D eigenvalue weighted by Gasteiger charge is 1.84. The molecule has 0 bridgehead atoms.